The molecule has 1 rings (SSSR count). The van der Waals surface area contributed by atoms with Gasteiger partial charge >= 0.3 is 5.97 Å². The van der Waals surface area contributed by atoms with Gasteiger partial charge in [-0.2, -0.15) is 0 Å². The summed E-state index contributed by atoms with van der Waals surface area (Å²) >= 11 is 0. The molecule has 1 aromatic rings. The average Bonchev–Trinajstić information content (AvgIpc) is 2.25. The molecule has 0 saturated carbocycles. The fraction of sp³-hybridized carbons (Fsp3) is 0.417. The van der Waals surface area contributed by atoms with Gasteiger partial charge in [-0.1, -0.05) is 6.07 Å². The zero-order valence-electron chi connectivity index (χ0n) is 9.67. The minimum atomic E-state index is -0.565. The van der Waals surface area contributed by atoms with Crippen molar-refractivity contribution in [3.63, 3.8) is 0 Å². The minimum absolute atomic E-state index is 0.0269. The second-order valence-corrected chi connectivity index (χ2v) is 3.23. The van der Waals surface area contributed by atoms with Gasteiger partial charge in [0.05, 0.1) is 13.2 Å². The molecule has 0 fully saturated rings. The lowest BCUT2D eigenvalue weighted by Crippen LogP contribution is -2.09. The molecule has 0 saturated heterocycles. The van der Waals surface area contributed by atoms with Crippen LogP contribution >= 0.6 is 0 Å². The zero-order valence-corrected chi connectivity index (χ0v) is 9.67. The Morgan fingerprint density at radius 2 is 2.00 bits per heavy atom. The average molecular weight is 226 g/mol. The van der Waals surface area contributed by atoms with Crippen LogP contribution in [0.25, 0.3) is 0 Å². The largest absolute Gasteiger partial charge is 0.490 e. The van der Waals surface area contributed by atoms with E-state index in [-0.39, 0.29) is 17.9 Å². The van der Waals surface area contributed by atoms with Gasteiger partial charge in [0.2, 0.25) is 0 Å². The molecular formula is C12H15FO3. The van der Waals surface area contributed by atoms with Crippen molar-refractivity contribution in [2.75, 3.05) is 13.2 Å². The number of benzene rings is 1. The van der Waals surface area contributed by atoms with Gasteiger partial charge in [-0.3, -0.25) is 0 Å². The Morgan fingerprint density at radius 1 is 1.31 bits per heavy atom. The van der Waals surface area contributed by atoms with Crippen molar-refractivity contribution in [2.24, 2.45) is 0 Å². The molecule has 1 aromatic carbocycles. The summed E-state index contributed by atoms with van der Waals surface area (Å²) in [6.45, 7) is 5.60. The van der Waals surface area contributed by atoms with E-state index >= 15 is 0 Å². The quantitative estimate of drug-likeness (QED) is 0.740. The fourth-order valence-electron chi connectivity index (χ4n) is 1.31. The molecule has 0 N–H and O–H groups in total. The highest BCUT2D eigenvalue weighted by atomic mass is 19.1. The molecule has 0 bridgehead atoms. The van der Waals surface area contributed by atoms with Crippen LogP contribution < -0.4 is 4.74 Å². The number of ether oxygens (including phenoxy) is 2. The molecule has 88 valence electrons. The van der Waals surface area contributed by atoms with Crippen LogP contribution in [0.2, 0.25) is 0 Å². The molecular weight excluding hydrogens is 211 g/mol. The van der Waals surface area contributed by atoms with Crippen molar-refractivity contribution in [3.8, 4) is 5.75 Å². The van der Waals surface area contributed by atoms with Gasteiger partial charge in [0.1, 0.15) is 5.56 Å². The molecule has 0 aliphatic rings. The lowest BCUT2D eigenvalue weighted by atomic mass is 10.1. The highest BCUT2D eigenvalue weighted by Gasteiger charge is 2.18. The molecule has 0 heterocycles. The summed E-state index contributed by atoms with van der Waals surface area (Å²) in [6, 6.07) is 3.05. The van der Waals surface area contributed by atoms with E-state index in [9.17, 15) is 9.18 Å². The molecule has 4 heteroatoms. The number of halogens is 1. The van der Waals surface area contributed by atoms with Gasteiger partial charge in [0.25, 0.3) is 0 Å². The maximum absolute atomic E-state index is 13.7. The molecule has 0 amide bonds. The number of hydrogen-bond acceptors (Lipinski definition) is 3. The molecule has 16 heavy (non-hydrogen) atoms. The first-order valence-corrected chi connectivity index (χ1v) is 5.20. The standard InChI is InChI=1S/C12H15FO3/c1-4-15-11-9(12(14)16-5-2)7-6-8(3)10(11)13/h6-7H,4-5H2,1-3H3. The number of carbonyl (C=O) groups is 1. The summed E-state index contributed by atoms with van der Waals surface area (Å²) in [5.74, 6) is -1.10. The highest BCUT2D eigenvalue weighted by molar-refractivity contribution is 5.92. The molecule has 0 unspecified atom stereocenters. The van der Waals surface area contributed by atoms with E-state index in [1.54, 1.807) is 20.8 Å². The maximum Gasteiger partial charge on any atom is 0.342 e. The Hall–Kier alpha value is -1.58. The molecule has 3 nitrogen and oxygen atoms in total. The van der Waals surface area contributed by atoms with Gasteiger partial charge in [-0.25, -0.2) is 9.18 Å². The van der Waals surface area contributed by atoms with Crippen LogP contribution in [0.5, 0.6) is 5.75 Å². The van der Waals surface area contributed by atoms with Gasteiger partial charge in [0.15, 0.2) is 11.6 Å². The van der Waals surface area contributed by atoms with E-state index in [0.29, 0.717) is 12.2 Å². The third-order valence-corrected chi connectivity index (χ3v) is 2.07. The van der Waals surface area contributed by atoms with Crippen molar-refractivity contribution >= 4 is 5.97 Å². The van der Waals surface area contributed by atoms with Crippen molar-refractivity contribution in [1.82, 2.24) is 0 Å². The van der Waals surface area contributed by atoms with E-state index in [1.807, 2.05) is 0 Å². The summed E-state index contributed by atoms with van der Waals surface area (Å²) in [4.78, 5) is 11.5. The second-order valence-electron chi connectivity index (χ2n) is 3.23. The SMILES string of the molecule is CCOC(=O)c1ccc(C)c(F)c1OCC. The Kier molecular flexibility index (Phi) is 4.28. The summed E-state index contributed by atoms with van der Waals surface area (Å²) < 4.78 is 23.7. The summed E-state index contributed by atoms with van der Waals surface area (Å²) in [5, 5.41) is 0. The third-order valence-electron chi connectivity index (χ3n) is 2.07. The molecule has 0 aliphatic carbocycles. The van der Waals surface area contributed by atoms with E-state index in [2.05, 4.69) is 0 Å². The number of hydrogen-bond donors (Lipinski definition) is 0. The minimum Gasteiger partial charge on any atom is -0.490 e. The first kappa shape index (κ1) is 12.5. The van der Waals surface area contributed by atoms with Crippen LogP contribution in [0.3, 0.4) is 0 Å². The lowest BCUT2D eigenvalue weighted by Gasteiger charge is -2.11. The highest BCUT2D eigenvalue weighted by Crippen LogP contribution is 2.26. The topological polar surface area (TPSA) is 35.5 Å². The van der Waals surface area contributed by atoms with Crippen molar-refractivity contribution in [2.45, 2.75) is 20.8 Å². The molecule has 0 radical (unpaired) electrons. The monoisotopic (exact) mass is 226 g/mol. The molecule has 0 aromatic heterocycles. The van der Waals surface area contributed by atoms with Crippen LogP contribution in [-0.4, -0.2) is 19.2 Å². The van der Waals surface area contributed by atoms with Crippen LogP contribution in [0.15, 0.2) is 12.1 Å². The lowest BCUT2D eigenvalue weighted by molar-refractivity contribution is 0.0521. The Morgan fingerprint density at radius 3 is 2.56 bits per heavy atom. The van der Waals surface area contributed by atoms with Crippen LogP contribution in [0, 0.1) is 12.7 Å². The van der Waals surface area contributed by atoms with Crippen molar-refractivity contribution in [3.05, 3.63) is 29.1 Å². The van der Waals surface area contributed by atoms with E-state index in [4.69, 9.17) is 9.47 Å². The van der Waals surface area contributed by atoms with Crippen LogP contribution in [0.1, 0.15) is 29.8 Å². The number of rotatable bonds is 4. The number of aryl methyl sites for hydroxylation is 1. The Bertz CT molecular complexity index is 388. The predicted molar refractivity (Wildman–Crippen MR) is 58.3 cm³/mol. The first-order chi connectivity index (χ1) is 7.61. The van der Waals surface area contributed by atoms with E-state index < -0.39 is 11.8 Å². The van der Waals surface area contributed by atoms with Gasteiger partial charge in [0, 0.05) is 0 Å². The van der Waals surface area contributed by atoms with Crippen molar-refractivity contribution in [1.29, 1.82) is 0 Å². The van der Waals surface area contributed by atoms with Crippen LogP contribution in [-0.2, 0) is 4.74 Å². The first-order valence-electron chi connectivity index (χ1n) is 5.20. The van der Waals surface area contributed by atoms with Gasteiger partial charge in [-0.05, 0) is 32.4 Å². The van der Waals surface area contributed by atoms with E-state index in [1.165, 1.54) is 12.1 Å². The molecule has 0 aliphatic heterocycles. The van der Waals surface area contributed by atoms with Gasteiger partial charge < -0.3 is 9.47 Å². The van der Waals surface area contributed by atoms with E-state index in [0.717, 1.165) is 0 Å². The number of esters is 1. The second kappa shape index (κ2) is 5.49. The Balaban J connectivity index is 3.17. The predicted octanol–water partition coefficient (Wildman–Crippen LogP) is 2.71. The van der Waals surface area contributed by atoms with Crippen molar-refractivity contribution < 1.29 is 18.7 Å². The Labute approximate surface area is 94.2 Å². The summed E-state index contributed by atoms with van der Waals surface area (Å²) in [7, 11) is 0. The van der Waals surface area contributed by atoms with Gasteiger partial charge in [-0.15, -0.1) is 0 Å². The zero-order chi connectivity index (χ0) is 12.1. The molecule has 0 atom stereocenters. The maximum atomic E-state index is 13.7. The van der Waals surface area contributed by atoms with Crippen LogP contribution in [0.4, 0.5) is 4.39 Å². The normalized spacial score (nSPS) is 10.0. The number of carbonyl (C=O) groups excluding carboxylic acids is 1. The summed E-state index contributed by atoms with van der Waals surface area (Å²) in [6.07, 6.45) is 0. The summed E-state index contributed by atoms with van der Waals surface area (Å²) in [5.41, 5.74) is 0.572. The molecule has 0 spiro atoms. The third kappa shape index (κ3) is 2.51. The fourth-order valence-corrected chi connectivity index (χ4v) is 1.31. The smallest absolute Gasteiger partial charge is 0.342 e.